The minimum Gasteiger partial charge on any atom is -0.506 e. The van der Waals surface area contributed by atoms with Crippen LogP contribution in [0.4, 0.5) is 0 Å². The van der Waals surface area contributed by atoms with Gasteiger partial charge in [0.25, 0.3) is 0 Å². The Morgan fingerprint density at radius 1 is 1.05 bits per heavy atom. The van der Waals surface area contributed by atoms with Crippen LogP contribution < -0.4 is 0 Å². The van der Waals surface area contributed by atoms with Crippen LogP contribution in [-0.4, -0.2) is 77.9 Å². The van der Waals surface area contributed by atoms with Crippen LogP contribution in [0.25, 0.3) is 0 Å². The zero-order chi connectivity index (χ0) is 28.2. The number of methoxy groups -OCH3 is 1. The first-order chi connectivity index (χ1) is 18.2. The summed E-state index contributed by atoms with van der Waals surface area (Å²) in [4.78, 5) is 38.1. The van der Waals surface area contributed by atoms with E-state index in [4.69, 9.17) is 4.74 Å². The Kier molecular flexibility index (Phi) is 11.7. The van der Waals surface area contributed by atoms with Crippen molar-refractivity contribution < 1.29 is 33.5 Å². The lowest BCUT2D eigenvalue weighted by Gasteiger charge is -2.25. The Morgan fingerprint density at radius 2 is 1.68 bits per heavy atom. The number of aliphatic hydroxyl groups excluding tert-OH is 1. The molecule has 204 valence electrons. The number of carbonyl (C=O) groups excluding carboxylic acids is 3. The predicted molar refractivity (Wildman–Crippen MR) is 148 cm³/mol. The molecule has 0 saturated carbocycles. The maximum atomic E-state index is 13.0. The van der Waals surface area contributed by atoms with Crippen molar-refractivity contribution in [1.29, 1.82) is 0 Å². The average Bonchev–Trinajstić information content (AvgIpc) is 2.93. The van der Waals surface area contributed by atoms with Crippen LogP contribution in [0.1, 0.15) is 40.5 Å². The molecular weight excluding hydrogens is 484 g/mol. The third kappa shape index (κ3) is 7.54. The van der Waals surface area contributed by atoms with E-state index in [9.17, 15) is 19.5 Å². The van der Waals surface area contributed by atoms with Crippen LogP contribution in [0.15, 0.2) is 82.9 Å². The molecule has 0 bridgehead atoms. The van der Waals surface area contributed by atoms with E-state index in [-0.39, 0.29) is 31.0 Å². The molecule has 0 spiro atoms. The number of allylic oxidation sites excluding steroid dienone is 11. The number of rotatable bonds is 13. The van der Waals surface area contributed by atoms with Gasteiger partial charge in [0, 0.05) is 30.9 Å². The first-order valence-corrected chi connectivity index (χ1v) is 12.9. The van der Waals surface area contributed by atoms with E-state index >= 15 is 0 Å². The summed E-state index contributed by atoms with van der Waals surface area (Å²) < 4.78 is 11.8. The highest BCUT2D eigenvalue weighted by atomic mass is 16.5. The summed E-state index contributed by atoms with van der Waals surface area (Å²) in [6.45, 7) is 15.0. The molecule has 0 radical (unpaired) electrons. The monoisotopic (exact) mass is 523 g/mol. The van der Waals surface area contributed by atoms with Gasteiger partial charge in [0.15, 0.2) is 12.3 Å². The molecule has 2 aliphatic rings. The molecule has 0 atom stereocenters. The molecule has 0 aromatic rings. The normalized spacial score (nSPS) is 15.2. The predicted octanol–water partition coefficient (Wildman–Crippen LogP) is 4.13. The lowest BCUT2D eigenvalue weighted by Crippen LogP contribution is -2.26. The number of ether oxygens (including phenoxy) is 2. The summed E-state index contributed by atoms with van der Waals surface area (Å²) in [6, 6.07) is 0. The van der Waals surface area contributed by atoms with Gasteiger partial charge in [-0.05, 0) is 57.1 Å². The van der Waals surface area contributed by atoms with Crippen LogP contribution in [0, 0.1) is 0 Å². The van der Waals surface area contributed by atoms with Crippen LogP contribution in [0.2, 0.25) is 0 Å². The van der Waals surface area contributed by atoms with Gasteiger partial charge in [-0.3, -0.25) is 14.4 Å². The zero-order valence-corrected chi connectivity index (χ0v) is 23.1. The Labute approximate surface area is 225 Å². The number of carbonyl (C=O) groups is 3. The van der Waals surface area contributed by atoms with Crippen molar-refractivity contribution >= 4 is 23.4 Å². The van der Waals surface area contributed by atoms with E-state index in [1.54, 1.807) is 18.2 Å². The van der Waals surface area contributed by atoms with E-state index in [1.807, 2.05) is 42.7 Å². The quantitative estimate of drug-likeness (QED) is 0.168. The van der Waals surface area contributed by atoms with Gasteiger partial charge >= 0.3 is 11.9 Å². The van der Waals surface area contributed by atoms with Crippen molar-refractivity contribution in [2.24, 2.45) is 0 Å². The Balaban J connectivity index is 2.10. The molecule has 0 aliphatic heterocycles. The number of hydrogen-bond acceptors (Lipinski definition) is 7. The van der Waals surface area contributed by atoms with E-state index in [0.717, 1.165) is 24.5 Å². The Bertz CT molecular complexity index is 1160. The molecule has 8 nitrogen and oxygen atoms in total. The summed E-state index contributed by atoms with van der Waals surface area (Å²) in [6.07, 6.45) is 12.8. The van der Waals surface area contributed by atoms with E-state index < -0.39 is 11.9 Å². The summed E-state index contributed by atoms with van der Waals surface area (Å²) in [5, 5.41) is 10.8. The van der Waals surface area contributed by atoms with Gasteiger partial charge in [-0.2, -0.15) is 0 Å². The lowest BCUT2D eigenvalue weighted by atomic mass is 9.79. The first kappa shape index (κ1) is 30.3. The van der Waals surface area contributed by atoms with Crippen molar-refractivity contribution in [2.75, 3.05) is 39.9 Å². The topological polar surface area (TPSA) is 96.1 Å². The van der Waals surface area contributed by atoms with Gasteiger partial charge in [-0.1, -0.05) is 18.7 Å². The van der Waals surface area contributed by atoms with Gasteiger partial charge in [0.05, 0.1) is 31.1 Å². The number of likely N-dealkylation sites (N-methyl/N-ethyl adjacent to an activating group) is 2. The maximum Gasteiger partial charge on any atom is 0.306 e. The number of hydrogen-bond donors (Lipinski definition) is 1. The average molecular weight is 524 g/mol. The Hall–Kier alpha value is -3.94. The molecule has 0 fully saturated rings. The lowest BCUT2D eigenvalue weighted by molar-refractivity contribution is -0.524. The molecule has 0 amide bonds. The molecule has 2 aliphatic carbocycles. The van der Waals surface area contributed by atoms with Crippen molar-refractivity contribution in [1.82, 2.24) is 4.90 Å². The Morgan fingerprint density at radius 3 is 2.21 bits per heavy atom. The number of nitrogens with zero attached hydrogens (tertiary/aromatic N) is 2. The number of ketones is 1. The summed E-state index contributed by atoms with van der Waals surface area (Å²) in [5.41, 5.74) is 3.63. The fourth-order valence-corrected chi connectivity index (χ4v) is 4.14. The molecule has 2 rings (SSSR count). The van der Waals surface area contributed by atoms with Gasteiger partial charge < -0.3 is 19.5 Å². The second kappa shape index (κ2) is 14.7. The smallest absolute Gasteiger partial charge is 0.306 e. The van der Waals surface area contributed by atoms with Crippen molar-refractivity contribution in [3.8, 4) is 0 Å². The molecular formula is C30H39N2O6+. The highest BCUT2D eigenvalue weighted by molar-refractivity contribution is 6.23. The van der Waals surface area contributed by atoms with E-state index in [1.165, 1.54) is 7.11 Å². The minimum absolute atomic E-state index is 0.00765. The number of esters is 2. The minimum atomic E-state index is -0.451. The molecule has 8 heteroatoms. The van der Waals surface area contributed by atoms with Gasteiger partial charge in [0.1, 0.15) is 18.9 Å². The molecule has 0 unspecified atom stereocenters. The third-order valence-electron chi connectivity index (χ3n) is 6.44. The summed E-state index contributed by atoms with van der Waals surface area (Å²) in [5.74, 6) is -1.12. The van der Waals surface area contributed by atoms with Gasteiger partial charge in [-0.25, -0.2) is 4.58 Å². The molecule has 0 aromatic heterocycles. The van der Waals surface area contributed by atoms with Crippen molar-refractivity contribution in [2.45, 2.75) is 40.5 Å². The molecule has 1 N–H and O–H groups in total. The molecule has 0 aromatic carbocycles. The SMILES string of the molecule is C=C(/C=C\C(=C\C)C1=C(O)C(=C2C=CC(=[N+](CC)CCOC(=O)CCC(=O)OC)C=C2)C1=O)N(CC)CC. The van der Waals surface area contributed by atoms with Crippen LogP contribution in [-0.2, 0) is 23.9 Å². The maximum absolute atomic E-state index is 13.0. The highest BCUT2D eigenvalue weighted by Crippen LogP contribution is 2.37. The van der Waals surface area contributed by atoms with Crippen LogP contribution in [0.3, 0.4) is 0 Å². The second-order valence-corrected chi connectivity index (χ2v) is 8.59. The standard InChI is InChI=1S/C30H38N2O6/c1-7-22(12-11-21(5)31(8-2)9-3)27-29(35)28(30(27)36)23-13-15-24(16-14-23)32(10-4)19-20-38-26(34)18-17-25(33)37-6/h7,11-16H,5,8-10,17-20H2,1-4,6H3/p+1/b12-11-,22-7-. The van der Waals surface area contributed by atoms with Gasteiger partial charge in [-0.15, -0.1) is 0 Å². The zero-order valence-electron chi connectivity index (χ0n) is 23.1. The second-order valence-electron chi connectivity index (χ2n) is 8.59. The van der Waals surface area contributed by atoms with Crippen LogP contribution in [0.5, 0.6) is 0 Å². The largest absolute Gasteiger partial charge is 0.506 e. The molecule has 38 heavy (non-hydrogen) atoms. The fraction of sp³-hybridized carbons (Fsp3) is 0.400. The molecule has 0 saturated heterocycles. The van der Waals surface area contributed by atoms with Crippen LogP contribution >= 0.6 is 0 Å². The van der Waals surface area contributed by atoms with E-state index in [2.05, 4.69) is 30.1 Å². The first-order valence-electron chi connectivity index (χ1n) is 12.9. The van der Waals surface area contributed by atoms with Crippen molar-refractivity contribution in [3.63, 3.8) is 0 Å². The summed E-state index contributed by atoms with van der Waals surface area (Å²) in [7, 11) is 1.28. The summed E-state index contributed by atoms with van der Waals surface area (Å²) >= 11 is 0. The fourth-order valence-electron chi connectivity index (χ4n) is 4.14. The molecule has 0 heterocycles. The van der Waals surface area contributed by atoms with E-state index in [0.29, 0.717) is 35.4 Å². The van der Waals surface area contributed by atoms with Crippen molar-refractivity contribution in [3.05, 3.63) is 82.9 Å². The number of aliphatic hydroxyl groups is 1. The number of Topliss-reactive ketones (excluding diaryl/α,β-unsaturated/α-hetero) is 1. The van der Waals surface area contributed by atoms with Gasteiger partial charge in [0.2, 0.25) is 5.78 Å². The third-order valence-corrected chi connectivity index (χ3v) is 6.44. The highest BCUT2D eigenvalue weighted by Gasteiger charge is 2.37.